The largest absolute Gasteiger partial charge is 0.480 e. The van der Waals surface area contributed by atoms with Crippen LogP contribution >= 0.6 is 0 Å². The highest BCUT2D eigenvalue weighted by atomic mass is 19.4. The number of methoxy groups -OCH3 is 1. The number of aryl methyl sites for hydroxylation is 1. The molecule has 0 aliphatic rings. The number of halogens is 3. The van der Waals surface area contributed by atoms with Crippen LogP contribution in [0.25, 0.3) is 11.0 Å². The molecule has 0 radical (unpaired) electrons. The molecule has 1 aromatic carbocycles. The summed E-state index contributed by atoms with van der Waals surface area (Å²) in [5, 5.41) is 5.32. The first-order chi connectivity index (χ1) is 14.3. The fourth-order valence-corrected chi connectivity index (χ4v) is 3.20. The van der Waals surface area contributed by atoms with Crippen molar-refractivity contribution in [2.45, 2.75) is 52.4 Å². The third kappa shape index (κ3) is 4.56. The van der Waals surface area contributed by atoms with E-state index in [9.17, 15) is 13.2 Å². The summed E-state index contributed by atoms with van der Waals surface area (Å²) in [6, 6.07) is 4.73. The predicted octanol–water partition coefficient (Wildman–Crippen LogP) is 5.09. The number of rotatable bonds is 8. The fraction of sp³-hybridized carbons (Fsp3) is 0.476. The minimum absolute atomic E-state index is 0.270. The van der Waals surface area contributed by atoms with E-state index < -0.39 is 11.7 Å². The van der Waals surface area contributed by atoms with Gasteiger partial charge >= 0.3 is 6.18 Å². The Labute approximate surface area is 173 Å². The van der Waals surface area contributed by atoms with Gasteiger partial charge in [-0.3, -0.25) is 0 Å². The van der Waals surface area contributed by atoms with Crippen LogP contribution in [0.2, 0.25) is 0 Å². The molecule has 0 fully saturated rings. The number of alkyl halides is 3. The summed E-state index contributed by atoms with van der Waals surface area (Å²) in [7, 11) is 1.53. The van der Waals surface area contributed by atoms with Crippen LogP contribution in [0.5, 0.6) is 5.88 Å². The highest BCUT2D eigenvalue weighted by Crippen LogP contribution is 2.33. The molecular weight excluding hydrogens is 397 g/mol. The van der Waals surface area contributed by atoms with Crippen molar-refractivity contribution in [2.24, 2.45) is 0 Å². The van der Waals surface area contributed by atoms with Crippen LogP contribution in [0.15, 0.2) is 24.3 Å². The third-order valence-electron chi connectivity index (χ3n) is 4.86. The maximum Gasteiger partial charge on any atom is 0.416 e. The van der Waals surface area contributed by atoms with Gasteiger partial charge in [-0.15, -0.1) is 0 Å². The van der Waals surface area contributed by atoms with E-state index in [-0.39, 0.29) is 12.6 Å². The van der Waals surface area contributed by atoms with Gasteiger partial charge in [0.25, 0.3) is 0 Å². The van der Waals surface area contributed by atoms with Crippen LogP contribution in [0.3, 0.4) is 0 Å². The Morgan fingerprint density at radius 3 is 2.43 bits per heavy atom. The van der Waals surface area contributed by atoms with Gasteiger partial charge in [-0.05, 0) is 38.0 Å². The fourth-order valence-electron chi connectivity index (χ4n) is 3.20. The predicted molar refractivity (Wildman–Crippen MR) is 106 cm³/mol. The molecule has 0 saturated carbocycles. The standard InChI is InChI=1S/C21H25F3N4O2/c1-5-6-11-30-12-17-18-19(25-14(3)26-20(18)29-4)28(27-17)13(2)15-7-9-16(10-8-15)21(22,23)24/h7-10,13H,5-6,11-12H2,1-4H3/t13-/m0/s1. The number of fused-ring (bicyclic) bond motifs is 1. The zero-order valence-electron chi connectivity index (χ0n) is 17.5. The number of hydrogen-bond donors (Lipinski definition) is 0. The van der Waals surface area contributed by atoms with Gasteiger partial charge in [0.05, 0.1) is 25.3 Å². The minimum atomic E-state index is -4.37. The normalized spacial score (nSPS) is 13.0. The minimum Gasteiger partial charge on any atom is -0.480 e. The highest BCUT2D eigenvalue weighted by molar-refractivity contribution is 5.84. The molecule has 0 spiro atoms. The molecule has 3 rings (SSSR count). The molecule has 0 saturated heterocycles. The van der Waals surface area contributed by atoms with E-state index in [1.807, 2.05) is 6.92 Å². The second kappa shape index (κ2) is 8.99. The Morgan fingerprint density at radius 2 is 1.83 bits per heavy atom. The summed E-state index contributed by atoms with van der Waals surface area (Å²) in [5.41, 5.74) is 1.19. The highest BCUT2D eigenvalue weighted by Gasteiger charge is 2.30. The number of unbranched alkanes of at least 4 members (excludes halogenated alkanes) is 1. The molecule has 9 heteroatoms. The topological polar surface area (TPSA) is 62.1 Å². The lowest BCUT2D eigenvalue weighted by Crippen LogP contribution is -2.11. The monoisotopic (exact) mass is 422 g/mol. The quantitative estimate of drug-likeness (QED) is 0.473. The number of ether oxygens (including phenoxy) is 2. The van der Waals surface area contributed by atoms with Crippen LogP contribution in [-0.4, -0.2) is 33.5 Å². The summed E-state index contributed by atoms with van der Waals surface area (Å²) >= 11 is 0. The van der Waals surface area contributed by atoms with Crippen molar-refractivity contribution in [3.8, 4) is 5.88 Å². The second-order valence-corrected chi connectivity index (χ2v) is 7.07. The van der Waals surface area contributed by atoms with E-state index >= 15 is 0 Å². The smallest absolute Gasteiger partial charge is 0.416 e. The van der Waals surface area contributed by atoms with Crippen LogP contribution in [0, 0.1) is 6.92 Å². The van der Waals surface area contributed by atoms with E-state index in [0.717, 1.165) is 25.0 Å². The van der Waals surface area contributed by atoms with Crippen molar-refractivity contribution < 1.29 is 22.6 Å². The maximum atomic E-state index is 12.9. The first-order valence-corrected chi connectivity index (χ1v) is 9.80. The molecule has 2 heterocycles. The lowest BCUT2D eigenvalue weighted by molar-refractivity contribution is -0.137. The number of benzene rings is 1. The van der Waals surface area contributed by atoms with Crippen molar-refractivity contribution in [1.82, 2.24) is 19.7 Å². The molecule has 162 valence electrons. The third-order valence-corrected chi connectivity index (χ3v) is 4.86. The van der Waals surface area contributed by atoms with Crippen LogP contribution in [0.4, 0.5) is 13.2 Å². The Bertz CT molecular complexity index is 1000. The summed E-state index contributed by atoms with van der Waals surface area (Å²) in [6.07, 6.45) is -2.42. The first-order valence-electron chi connectivity index (χ1n) is 9.80. The maximum absolute atomic E-state index is 12.9. The van der Waals surface area contributed by atoms with Gasteiger partial charge in [-0.2, -0.15) is 23.3 Å². The Morgan fingerprint density at radius 1 is 1.13 bits per heavy atom. The van der Waals surface area contributed by atoms with Gasteiger partial charge in [0, 0.05) is 6.61 Å². The average Bonchev–Trinajstić information content (AvgIpc) is 3.07. The number of nitrogens with zero attached hydrogens (tertiary/aromatic N) is 4. The lowest BCUT2D eigenvalue weighted by Gasteiger charge is -2.15. The Balaban J connectivity index is 2.02. The van der Waals surface area contributed by atoms with E-state index in [1.54, 1.807) is 11.6 Å². The molecule has 0 unspecified atom stereocenters. The molecule has 30 heavy (non-hydrogen) atoms. The SMILES string of the molecule is CCCCOCc1nn([C@@H](C)c2ccc(C(F)(F)F)cc2)c2nc(C)nc(OC)c12. The zero-order valence-corrected chi connectivity index (χ0v) is 17.5. The van der Waals surface area contributed by atoms with Gasteiger partial charge in [0.1, 0.15) is 16.9 Å². The van der Waals surface area contributed by atoms with Crippen molar-refractivity contribution in [1.29, 1.82) is 0 Å². The molecule has 0 amide bonds. The van der Waals surface area contributed by atoms with Gasteiger partial charge in [0.15, 0.2) is 5.65 Å². The Kier molecular flexibility index (Phi) is 6.60. The van der Waals surface area contributed by atoms with Crippen molar-refractivity contribution in [3.05, 3.63) is 46.9 Å². The molecule has 0 aliphatic carbocycles. The number of hydrogen-bond acceptors (Lipinski definition) is 5. The molecule has 0 bridgehead atoms. The van der Waals surface area contributed by atoms with Gasteiger partial charge in [0.2, 0.25) is 5.88 Å². The summed E-state index contributed by atoms with van der Waals surface area (Å²) in [5.74, 6) is 0.913. The van der Waals surface area contributed by atoms with Gasteiger partial charge < -0.3 is 9.47 Å². The molecule has 6 nitrogen and oxygen atoms in total. The zero-order chi connectivity index (χ0) is 21.9. The molecule has 0 aliphatic heterocycles. The van der Waals surface area contributed by atoms with Crippen LogP contribution in [-0.2, 0) is 17.5 Å². The molecule has 2 aromatic heterocycles. The van der Waals surface area contributed by atoms with E-state index in [1.165, 1.54) is 19.2 Å². The van der Waals surface area contributed by atoms with E-state index in [4.69, 9.17) is 9.47 Å². The molecule has 1 atom stereocenters. The van der Waals surface area contributed by atoms with E-state index in [2.05, 4.69) is 22.0 Å². The summed E-state index contributed by atoms with van der Waals surface area (Å²) < 4.78 is 51.6. The second-order valence-electron chi connectivity index (χ2n) is 7.07. The van der Waals surface area contributed by atoms with E-state index in [0.29, 0.717) is 40.6 Å². The summed E-state index contributed by atoms with van der Waals surface area (Å²) in [6.45, 7) is 6.57. The Hall–Kier alpha value is -2.68. The van der Waals surface area contributed by atoms with Crippen LogP contribution < -0.4 is 4.74 Å². The molecule has 3 aromatic rings. The molecular formula is C21H25F3N4O2. The van der Waals surface area contributed by atoms with Crippen molar-refractivity contribution in [2.75, 3.05) is 13.7 Å². The van der Waals surface area contributed by atoms with Crippen LogP contribution in [0.1, 0.15) is 55.4 Å². The number of aromatic nitrogens is 4. The summed E-state index contributed by atoms with van der Waals surface area (Å²) in [4.78, 5) is 8.87. The van der Waals surface area contributed by atoms with Crippen molar-refractivity contribution in [3.63, 3.8) is 0 Å². The van der Waals surface area contributed by atoms with Crippen molar-refractivity contribution >= 4 is 11.0 Å². The molecule has 0 N–H and O–H groups in total. The first kappa shape index (κ1) is 22.0. The van der Waals surface area contributed by atoms with Gasteiger partial charge in [-0.25, -0.2) is 9.67 Å². The van der Waals surface area contributed by atoms with Gasteiger partial charge in [-0.1, -0.05) is 25.5 Å². The lowest BCUT2D eigenvalue weighted by atomic mass is 10.1. The average molecular weight is 422 g/mol.